The Labute approximate surface area is 112 Å². The molecule has 0 saturated heterocycles. The van der Waals surface area contributed by atoms with Gasteiger partial charge in [0.25, 0.3) is 0 Å². The third-order valence-electron chi connectivity index (χ3n) is 3.08. The second-order valence-corrected chi connectivity index (χ2v) is 4.35. The van der Waals surface area contributed by atoms with Crippen molar-refractivity contribution in [1.29, 1.82) is 0 Å². The summed E-state index contributed by atoms with van der Waals surface area (Å²) in [5, 5.41) is 4.66. The molecule has 0 saturated carbocycles. The first-order chi connectivity index (χ1) is 9.38. The zero-order chi connectivity index (χ0) is 13.1. The van der Waals surface area contributed by atoms with Crippen molar-refractivity contribution in [3.63, 3.8) is 0 Å². The average molecular weight is 249 g/mol. The predicted octanol–water partition coefficient (Wildman–Crippen LogP) is 3.00. The number of nitrogens with two attached hydrogens (primary N) is 1. The molecule has 1 heterocycles. The number of rotatable bonds is 3. The Hall–Kier alpha value is -2.39. The number of nitrogens with zero attached hydrogens (tertiary/aromatic N) is 2. The minimum absolute atomic E-state index is 0.483. The fourth-order valence-corrected chi connectivity index (χ4v) is 2.11. The van der Waals surface area contributed by atoms with Gasteiger partial charge in [0.05, 0.1) is 11.4 Å². The maximum atomic E-state index is 5.83. The van der Waals surface area contributed by atoms with Crippen molar-refractivity contribution in [2.75, 3.05) is 0 Å². The number of para-hydroxylation sites is 1. The van der Waals surface area contributed by atoms with E-state index in [1.807, 2.05) is 59.4 Å². The van der Waals surface area contributed by atoms with Gasteiger partial charge in [-0.05, 0) is 12.1 Å². The number of aromatic nitrogens is 2. The van der Waals surface area contributed by atoms with E-state index in [0.29, 0.717) is 6.54 Å². The van der Waals surface area contributed by atoms with Gasteiger partial charge in [-0.15, -0.1) is 0 Å². The Morgan fingerprint density at radius 2 is 1.53 bits per heavy atom. The first-order valence-corrected chi connectivity index (χ1v) is 6.28. The van der Waals surface area contributed by atoms with Crippen molar-refractivity contribution >= 4 is 0 Å². The summed E-state index contributed by atoms with van der Waals surface area (Å²) in [6.07, 6.45) is 2.00. The molecule has 1 aromatic heterocycles. The highest BCUT2D eigenvalue weighted by molar-refractivity contribution is 5.63. The molecule has 0 fully saturated rings. The molecule has 0 aliphatic carbocycles. The van der Waals surface area contributed by atoms with E-state index in [2.05, 4.69) is 17.2 Å². The molecule has 0 bridgehead atoms. The minimum atomic E-state index is 0.483. The summed E-state index contributed by atoms with van der Waals surface area (Å²) >= 11 is 0. The number of hydrogen-bond donors (Lipinski definition) is 1. The lowest BCUT2D eigenvalue weighted by Gasteiger charge is -2.00. The molecule has 0 radical (unpaired) electrons. The molecule has 0 unspecified atom stereocenters. The molecule has 19 heavy (non-hydrogen) atoms. The molecule has 0 spiro atoms. The summed E-state index contributed by atoms with van der Waals surface area (Å²) in [4.78, 5) is 0. The van der Waals surface area contributed by atoms with Gasteiger partial charge in [0.1, 0.15) is 0 Å². The van der Waals surface area contributed by atoms with E-state index in [0.717, 1.165) is 22.5 Å². The Morgan fingerprint density at radius 3 is 2.16 bits per heavy atom. The van der Waals surface area contributed by atoms with Crippen LogP contribution in [0.15, 0.2) is 66.9 Å². The van der Waals surface area contributed by atoms with Crippen molar-refractivity contribution in [1.82, 2.24) is 9.78 Å². The Bertz CT molecular complexity index is 657. The van der Waals surface area contributed by atoms with Crippen LogP contribution in [0, 0.1) is 0 Å². The van der Waals surface area contributed by atoms with Crippen molar-refractivity contribution in [3.8, 4) is 16.9 Å². The van der Waals surface area contributed by atoms with E-state index < -0.39 is 0 Å². The Balaban J connectivity index is 2.09. The molecule has 3 aromatic rings. The van der Waals surface area contributed by atoms with Gasteiger partial charge in [0, 0.05) is 23.9 Å². The van der Waals surface area contributed by atoms with E-state index in [1.54, 1.807) is 0 Å². The van der Waals surface area contributed by atoms with Crippen molar-refractivity contribution in [3.05, 3.63) is 72.4 Å². The third-order valence-corrected chi connectivity index (χ3v) is 3.08. The van der Waals surface area contributed by atoms with E-state index in [4.69, 9.17) is 5.73 Å². The van der Waals surface area contributed by atoms with Crippen LogP contribution in [-0.2, 0) is 6.54 Å². The molecule has 3 nitrogen and oxygen atoms in total. The van der Waals surface area contributed by atoms with Gasteiger partial charge >= 0.3 is 0 Å². The Kier molecular flexibility index (Phi) is 3.12. The Morgan fingerprint density at radius 1 is 0.895 bits per heavy atom. The molecule has 3 rings (SSSR count). The lowest BCUT2D eigenvalue weighted by Crippen LogP contribution is -1.96. The standard InChI is InChI=1S/C16H15N3/c17-11-14-12-19(15-9-5-2-6-10-15)18-16(14)13-7-3-1-4-8-13/h1-10,12H,11,17H2. The molecular weight excluding hydrogens is 234 g/mol. The molecule has 3 heteroatoms. The number of hydrogen-bond acceptors (Lipinski definition) is 2. The lowest BCUT2D eigenvalue weighted by molar-refractivity contribution is 0.883. The van der Waals surface area contributed by atoms with Crippen LogP contribution >= 0.6 is 0 Å². The van der Waals surface area contributed by atoms with Crippen molar-refractivity contribution in [2.45, 2.75) is 6.54 Å². The summed E-state index contributed by atoms with van der Waals surface area (Å²) in [7, 11) is 0. The summed E-state index contributed by atoms with van der Waals surface area (Å²) in [5.41, 5.74) is 9.96. The lowest BCUT2D eigenvalue weighted by atomic mass is 10.1. The zero-order valence-electron chi connectivity index (χ0n) is 10.5. The second-order valence-electron chi connectivity index (χ2n) is 4.35. The summed E-state index contributed by atoms with van der Waals surface area (Å²) in [5.74, 6) is 0. The van der Waals surface area contributed by atoms with Crippen LogP contribution in [-0.4, -0.2) is 9.78 Å². The van der Waals surface area contributed by atoms with Gasteiger partial charge < -0.3 is 5.73 Å². The van der Waals surface area contributed by atoms with Gasteiger partial charge in [0.15, 0.2) is 0 Å². The van der Waals surface area contributed by atoms with E-state index >= 15 is 0 Å². The summed E-state index contributed by atoms with van der Waals surface area (Å²) in [6, 6.07) is 20.2. The quantitative estimate of drug-likeness (QED) is 0.775. The zero-order valence-corrected chi connectivity index (χ0v) is 10.5. The maximum absolute atomic E-state index is 5.83. The van der Waals surface area contributed by atoms with E-state index in [-0.39, 0.29) is 0 Å². The molecule has 2 N–H and O–H groups in total. The minimum Gasteiger partial charge on any atom is -0.326 e. The molecule has 0 atom stereocenters. The van der Waals surface area contributed by atoms with Crippen molar-refractivity contribution < 1.29 is 0 Å². The summed E-state index contributed by atoms with van der Waals surface area (Å²) < 4.78 is 1.88. The molecule has 2 aromatic carbocycles. The van der Waals surface area contributed by atoms with Gasteiger partial charge in [-0.2, -0.15) is 5.10 Å². The topological polar surface area (TPSA) is 43.8 Å². The average Bonchev–Trinajstić information content (AvgIpc) is 2.93. The highest BCUT2D eigenvalue weighted by atomic mass is 15.3. The van der Waals surface area contributed by atoms with Crippen LogP contribution in [0.1, 0.15) is 5.56 Å². The number of benzene rings is 2. The van der Waals surface area contributed by atoms with Crippen LogP contribution in [0.3, 0.4) is 0 Å². The SMILES string of the molecule is NCc1cn(-c2ccccc2)nc1-c1ccccc1. The fraction of sp³-hybridized carbons (Fsp3) is 0.0625. The first-order valence-electron chi connectivity index (χ1n) is 6.28. The monoisotopic (exact) mass is 249 g/mol. The van der Waals surface area contributed by atoms with Gasteiger partial charge in [-0.1, -0.05) is 48.5 Å². The highest BCUT2D eigenvalue weighted by Crippen LogP contribution is 2.22. The smallest absolute Gasteiger partial charge is 0.0972 e. The largest absolute Gasteiger partial charge is 0.326 e. The van der Waals surface area contributed by atoms with Crippen LogP contribution < -0.4 is 5.73 Å². The van der Waals surface area contributed by atoms with Crippen LogP contribution in [0.4, 0.5) is 0 Å². The molecular formula is C16H15N3. The molecule has 94 valence electrons. The summed E-state index contributed by atoms with van der Waals surface area (Å²) in [6.45, 7) is 0.483. The highest BCUT2D eigenvalue weighted by Gasteiger charge is 2.10. The van der Waals surface area contributed by atoms with Gasteiger partial charge in [-0.3, -0.25) is 0 Å². The van der Waals surface area contributed by atoms with Crippen molar-refractivity contribution in [2.24, 2.45) is 5.73 Å². The fourth-order valence-electron chi connectivity index (χ4n) is 2.11. The third kappa shape index (κ3) is 2.28. The second kappa shape index (κ2) is 5.08. The molecule has 0 amide bonds. The van der Waals surface area contributed by atoms with E-state index in [9.17, 15) is 0 Å². The van der Waals surface area contributed by atoms with Crippen LogP contribution in [0.5, 0.6) is 0 Å². The maximum Gasteiger partial charge on any atom is 0.0972 e. The van der Waals surface area contributed by atoms with Crippen LogP contribution in [0.2, 0.25) is 0 Å². The van der Waals surface area contributed by atoms with E-state index in [1.165, 1.54) is 0 Å². The van der Waals surface area contributed by atoms with Crippen LogP contribution in [0.25, 0.3) is 16.9 Å². The molecule has 0 aliphatic rings. The predicted molar refractivity (Wildman–Crippen MR) is 76.9 cm³/mol. The normalized spacial score (nSPS) is 10.6. The van der Waals surface area contributed by atoms with Gasteiger partial charge in [-0.25, -0.2) is 4.68 Å². The molecule has 0 aliphatic heterocycles. The van der Waals surface area contributed by atoms with Gasteiger partial charge in [0.2, 0.25) is 0 Å². The first kappa shape index (κ1) is 11.7.